The molecule has 0 unspecified atom stereocenters. The second-order valence-corrected chi connectivity index (χ2v) is 7.74. The first kappa shape index (κ1) is 19.6. The zero-order valence-electron chi connectivity index (χ0n) is 15.5. The van der Waals surface area contributed by atoms with Crippen molar-refractivity contribution in [3.8, 4) is 0 Å². The average molecular weight is 416 g/mol. The van der Waals surface area contributed by atoms with Crippen molar-refractivity contribution >= 4 is 38.1 Å². The van der Waals surface area contributed by atoms with Crippen molar-refractivity contribution in [2.45, 2.75) is 19.1 Å². The summed E-state index contributed by atoms with van der Waals surface area (Å²) in [6.45, 7) is 2.23. The lowest BCUT2D eigenvalue weighted by Crippen LogP contribution is -2.17. The van der Waals surface area contributed by atoms with Gasteiger partial charge in [-0.15, -0.1) is 11.3 Å². The molecule has 0 saturated carbocycles. The first-order valence-electron chi connectivity index (χ1n) is 9.26. The molecule has 2 N–H and O–H groups in total. The Morgan fingerprint density at radius 1 is 0.966 bits per heavy atom. The van der Waals surface area contributed by atoms with Gasteiger partial charge in [0, 0.05) is 30.4 Å². The highest BCUT2D eigenvalue weighted by Crippen LogP contribution is 2.32. The van der Waals surface area contributed by atoms with Gasteiger partial charge in [0.2, 0.25) is 0 Å². The summed E-state index contributed by atoms with van der Waals surface area (Å²) >= 11 is 1.69. The highest BCUT2D eigenvalue weighted by Gasteiger charge is 2.30. The van der Waals surface area contributed by atoms with Crippen LogP contribution in [0.2, 0.25) is 0 Å². The molecule has 2 heterocycles. The fraction of sp³-hybridized carbons (Fsp3) is 0.238. The van der Waals surface area contributed by atoms with E-state index >= 15 is 0 Å². The fourth-order valence-corrected chi connectivity index (χ4v) is 4.04. The molecule has 4 rings (SSSR count). The molecule has 150 valence electrons. The van der Waals surface area contributed by atoms with Crippen LogP contribution in [-0.4, -0.2) is 23.1 Å². The minimum absolute atomic E-state index is 0.332. The molecule has 0 spiro atoms. The number of rotatable bonds is 7. The number of pyridine rings is 1. The summed E-state index contributed by atoms with van der Waals surface area (Å²) < 4.78 is 39.8. The van der Waals surface area contributed by atoms with Crippen LogP contribution in [0.1, 0.15) is 17.0 Å². The molecule has 4 aromatic rings. The highest BCUT2D eigenvalue weighted by molar-refractivity contribution is 7.18. The Balaban J connectivity index is 1.28. The summed E-state index contributed by atoms with van der Waals surface area (Å²) in [7, 11) is 0. The Morgan fingerprint density at radius 3 is 2.66 bits per heavy atom. The van der Waals surface area contributed by atoms with E-state index in [1.165, 1.54) is 17.0 Å². The molecular weight excluding hydrogens is 397 g/mol. The number of aromatic nitrogens is 2. The lowest BCUT2D eigenvalue weighted by Gasteiger charge is -2.12. The van der Waals surface area contributed by atoms with Crippen molar-refractivity contribution in [2.75, 3.05) is 18.4 Å². The lowest BCUT2D eigenvalue weighted by atomic mass is 10.1. The van der Waals surface area contributed by atoms with Gasteiger partial charge in [-0.3, -0.25) is 4.98 Å². The third kappa shape index (κ3) is 4.65. The standard InChI is InChI=1S/C21H19F3N4S/c22-21(23,24)14-6-7-15-16(8-11-27-18(15)12-14)26-10-3-9-25-13-20-28-17-4-1-2-5-19(17)29-20/h1-2,4-8,11-12,25H,3,9-10,13H2,(H,26,27). The van der Waals surface area contributed by atoms with Crippen molar-refractivity contribution in [1.82, 2.24) is 15.3 Å². The number of halogens is 3. The highest BCUT2D eigenvalue weighted by atomic mass is 32.1. The van der Waals surface area contributed by atoms with Crippen LogP contribution in [0, 0.1) is 0 Å². The summed E-state index contributed by atoms with van der Waals surface area (Å²) in [5, 5.41) is 8.41. The van der Waals surface area contributed by atoms with Crippen molar-refractivity contribution in [3.05, 3.63) is 65.3 Å². The number of alkyl halides is 3. The van der Waals surface area contributed by atoms with Gasteiger partial charge in [0.25, 0.3) is 0 Å². The average Bonchev–Trinajstić information content (AvgIpc) is 3.12. The lowest BCUT2D eigenvalue weighted by molar-refractivity contribution is -0.137. The van der Waals surface area contributed by atoms with E-state index in [0.717, 1.165) is 47.9 Å². The molecule has 0 bridgehead atoms. The summed E-state index contributed by atoms with van der Waals surface area (Å²) in [5.74, 6) is 0. The van der Waals surface area contributed by atoms with Gasteiger partial charge in [-0.25, -0.2) is 4.98 Å². The second kappa shape index (κ2) is 8.34. The van der Waals surface area contributed by atoms with Gasteiger partial charge in [0.15, 0.2) is 0 Å². The van der Waals surface area contributed by atoms with Crippen LogP contribution < -0.4 is 10.6 Å². The zero-order chi connectivity index (χ0) is 20.3. The third-order valence-corrected chi connectivity index (χ3v) is 5.57. The van der Waals surface area contributed by atoms with Crippen molar-refractivity contribution in [3.63, 3.8) is 0 Å². The zero-order valence-corrected chi connectivity index (χ0v) is 16.3. The molecule has 0 fully saturated rings. The number of para-hydroxylation sites is 1. The molecule has 0 aliphatic rings. The predicted octanol–water partition coefficient (Wildman–Crippen LogP) is 5.46. The predicted molar refractivity (Wildman–Crippen MR) is 111 cm³/mol. The number of nitrogens with one attached hydrogen (secondary N) is 2. The van der Waals surface area contributed by atoms with Gasteiger partial charge >= 0.3 is 6.18 Å². The molecule has 0 radical (unpaired) electrons. The van der Waals surface area contributed by atoms with Crippen LogP contribution in [0.3, 0.4) is 0 Å². The normalized spacial score (nSPS) is 12.0. The minimum Gasteiger partial charge on any atom is -0.384 e. The Bertz CT molecular complexity index is 1090. The number of anilines is 1. The van der Waals surface area contributed by atoms with E-state index in [9.17, 15) is 13.2 Å². The molecule has 0 atom stereocenters. The largest absolute Gasteiger partial charge is 0.416 e. The maximum absolute atomic E-state index is 12.9. The molecule has 0 aliphatic heterocycles. The molecule has 0 amide bonds. The minimum atomic E-state index is -4.37. The SMILES string of the molecule is FC(F)(F)c1ccc2c(NCCCNCc3nc4ccccc4s3)ccnc2c1. The quantitative estimate of drug-likeness (QED) is 0.393. The summed E-state index contributed by atoms with van der Waals surface area (Å²) in [6, 6.07) is 13.5. The fourth-order valence-electron chi connectivity index (χ4n) is 3.11. The summed E-state index contributed by atoms with van der Waals surface area (Å²) in [4.78, 5) is 8.66. The van der Waals surface area contributed by atoms with Gasteiger partial charge in [-0.1, -0.05) is 18.2 Å². The van der Waals surface area contributed by atoms with Crippen LogP contribution >= 0.6 is 11.3 Å². The van der Waals surface area contributed by atoms with E-state index in [-0.39, 0.29) is 0 Å². The number of benzene rings is 2. The van der Waals surface area contributed by atoms with Gasteiger partial charge in [-0.05, 0) is 43.3 Å². The van der Waals surface area contributed by atoms with Crippen molar-refractivity contribution < 1.29 is 13.2 Å². The van der Waals surface area contributed by atoms with Crippen molar-refractivity contribution in [1.29, 1.82) is 0 Å². The van der Waals surface area contributed by atoms with E-state index in [1.807, 2.05) is 18.2 Å². The summed E-state index contributed by atoms with van der Waals surface area (Å²) in [5.41, 5.74) is 1.46. The maximum atomic E-state index is 12.9. The van der Waals surface area contributed by atoms with E-state index < -0.39 is 11.7 Å². The molecule has 29 heavy (non-hydrogen) atoms. The first-order chi connectivity index (χ1) is 14.0. The molecule has 0 saturated heterocycles. The van der Waals surface area contributed by atoms with Crippen LogP contribution in [0.25, 0.3) is 21.1 Å². The topological polar surface area (TPSA) is 49.8 Å². The Morgan fingerprint density at radius 2 is 1.83 bits per heavy atom. The molecular formula is C21H19F3N4S. The number of hydrogen-bond donors (Lipinski definition) is 2. The number of fused-ring (bicyclic) bond motifs is 2. The summed E-state index contributed by atoms with van der Waals surface area (Å²) in [6.07, 6.45) is -1.97. The monoisotopic (exact) mass is 416 g/mol. The molecule has 4 nitrogen and oxygen atoms in total. The van der Waals surface area contributed by atoms with Crippen LogP contribution in [-0.2, 0) is 12.7 Å². The van der Waals surface area contributed by atoms with E-state index in [2.05, 4.69) is 26.7 Å². The maximum Gasteiger partial charge on any atom is 0.416 e. The van der Waals surface area contributed by atoms with E-state index in [4.69, 9.17) is 0 Å². The number of nitrogens with zero attached hydrogens (tertiary/aromatic N) is 2. The van der Waals surface area contributed by atoms with Gasteiger partial charge < -0.3 is 10.6 Å². The van der Waals surface area contributed by atoms with Gasteiger partial charge in [0.1, 0.15) is 5.01 Å². The van der Waals surface area contributed by atoms with E-state index in [0.29, 0.717) is 17.4 Å². The molecule has 0 aliphatic carbocycles. The first-order valence-corrected chi connectivity index (χ1v) is 10.1. The molecule has 2 aromatic carbocycles. The Hall–Kier alpha value is -2.71. The second-order valence-electron chi connectivity index (χ2n) is 6.62. The third-order valence-electron chi connectivity index (χ3n) is 4.53. The smallest absolute Gasteiger partial charge is 0.384 e. The number of thiazole rings is 1. The number of hydrogen-bond acceptors (Lipinski definition) is 5. The molecule has 2 aromatic heterocycles. The Labute approximate surface area is 169 Å². The van der Waals surface area contributed by atoms with E-state index in [1.54, 1.807) is 17.4 Å². The van der Waals surface area contributed by atoms with Gasteiger partial charge in [0.05, 0.1) is 21.3 Å². The van der Waals surface area contributed by atoms with Gasteiger partial charge in [-0.2, -0.15) is 13.2 Å². The van der Waals surface area contributed by atoms with Crippen LogP contribution in [0.4, 0.5) is 18.9 Å². The van der Waals surface area contributed by atoms with Crippen LogP contribution in [0.5, 0.6) is 0 Å². The van der Waals surface area contributed by atoms with Crippen molar-refractivity contribution in [2.24, 2.45) is 0 Å². The molecule has 8 heteroatoms. The Kier molecular flexibility index (Phi) is 5.64. The van der Waals surface area contributed by atoms with Crippen LogP contribution in [0.15, 0.2) is 54.7 Å².